The van der Waals surface area contributed by atoms with E-state index in [0.29, 0.717) is 24.6 Å². The first-order chi connectivity index (χ1) is 12.6. The van der Waals surface area contributed by atoms with Gasteiger partial charge in [-0.1, -0.05) is 39.0 Å². The first kappa shape index (κ1) is 22.4. The van der Waals surface area contributed by atoms with Gasteiger partial charge in [0.1, 0.15) is 17.0 Å². The third-order valence-electron chi connectivity index (χ3n) is 4.04. The van der Waals surface area contributed by atoms with Crippen LogP contribution in [0.2, 0.25) is 0 Å². The molecule has 1 unspecified atom stereocenters. The monoisotopic (exact) mass is 379 g/mol. The lowest BCUT2D eigenvalue weighted by atomic mass is 10.0. The molecular formula is C19H29N3O3S. The Morgan fingerprint density at radius 3 is 2.65 bits per heavy atom. The van der Waals surface area contributed by atoms with Crippen molar-refractivity contribution < 1.29 is 14.3 Å². The Morgan fingerprint density at radius 1 is 1.27 bits per heavy atom. The van der Waals surface area contributed by atoms with Gasteiger partial charge in [0, 0.05) is 19.8 Å². The van der Waals surface area contributed by atoms with Gasteiger partial charge in [0.25, 0.3) is 5.91 Å². The van der Waals surface area contributed by atoms with Crippen LogP contribution in [-0.4, -0.2) is 42.9 Å². The minimum atomic E-state index is -1.01. The summed E-state index contributed by atoms with van der Waals surface area (Å²) in [6, 6.07) is 1.98. The first-order valence-corrected chi connectivity index (χ1v) is 10.5. The highest BCUT2D eigenvalue weighted by Crippen LogP contribution is 2.19. The second-order valence-corrected chi connectivity index (χ2v) is 6.95. The van der Waals surface area contributed by atoms with Crippen LogP contribution >= 0.6 is 11.8 Å². The van der Waals surface area contributed by atoms with E-state index in [0.717, 1.165) is 13.0 Å². The lowest BCUT2D eigenvalue weighted by Crippen LogP contribution is -2.36. The van der Waals surface area contributed by atoms with Crippen LogP contribution in [0.25, 0.3) is 0 Å². The van der Waals surface area contributed by atoms with Gasteiger partial charge in [-0.25, -0.2) is 4.99 Å². The predicted molar refractivity (Wildman–Crippen MR) is 105 cm³/mol. The Labute approximate surface area is 160 Å². The molecule has 0 aromatic rings. The maximum absolute atomic E-state index is 12.1. The fraction of sp³-hybridized carbons (Fsp3) is 0.684. The van der Waals surface area contributed by atoms with E-state index in [-0.39, 0.29) is 5.57 Å². The first-order valence-electron chi connectivity index (χ1n) is 9.28. The SMILES string of the molecule is CCCCCCCCOCCCNC(=O)C1C=C(C#N)C(SC)=NC1=O. The molecule has 1 rings (SSSR count). The van der Waals surface area contributed by atoms with Gasteiger partial charge in [0.15, 0.2) is 0 Å². The van der Waals surface area contributed by atoms with Crippen LogP contribution in [0.1, 0.15) is 51.9 Å². The van der Waals surface area contributed by atoms with Gasteiger partial charge >= 0.3 is 0 Å². The standard InChI is InChI=1S/C19H29N3O3S/c1-3-4-5-6-7-8-11-25-12-9-10-21-17(23)16-13-15(14-20)19(26-2)22-18(16)24/h13,16H,3-12H2,1-2H3,(H,21,23). The topological polar surface area (TPSA) is 91.5 Å². The second kappa shape index (κ2) is 13.5. The summed E-state index contributed by atoms with van der Waals surface area (Å²) in [6.07, 6.45) is 11.2. The van der Waals surface area contributed by atoms with E-state index in [1.165, 1.54) is 49.9 Å². The number of nitrogens with zero attached hydrogens (tertiary/aromatic N) is 2. The molecule has 7 heteroatoms. The van der Waals surface area contributed by atoms with Gasteiger partial charge in [-0.05, 0) is 25.2 Å². The number of thioether (sulfide) groups is 1. The summed E-state index contributed by atoms with van der Waals surface area (Å²) in [5, 5.41) is 12.2. The smallest absolute Gasteiger partial charge is 0.263 e. The van der Waals surface area contributed by atoms with Crippen molar-refractivity contribution in [3.05, 3.63) is 11.6 Å². The van der Waals surface area contributed by atoms with Crippen LogP contribution in [0, 0.1) is 17.2 Å². The number of carbonyl (C=O) groups is 2. The van der Waals surface area contributed by atoms with Crippen LogP contribution in [0.15, 0.2) is 16.6 Å². The summed E-state index contributed by atoms with van der Waals surface area (Å²) in [5.41, 5.74) is 0.277. The fourth-order valence-electron chi connectivity index (χ4n) is 2.55. The number of ether oxygens (including phenoxy) is 1. The Hall–Kier alpha value is -1.65. The summed E-state index contributed by atoms with van der Waals surface area (Å²) in [5.74, 6) is -1.95. The zero-order valence-electron chi connectivity index (χ0n) is 15.8. The number of nitrogens with one attached hydrogen (secondary N) is 1. The van der Waals surface area contributed by atoms with Crippen molar-refractivity contribution in [2.24, 2.45) is 10.9 Å². The number of carbonyl (C=O) groups excluding carboxylic acids is 2. The van der Waals surface area contributed by atoms with Gasteiger partial charge < -0.3 is 10.1 Å². The Morgan fingerprint density at radius 2 is 1.96 bits per heavy atom. The highest BCUT2D eigenvalue weighted by atomic mass is 32.2. The molecule has 2 amide bonds. The largest absolute Gasteiger partial charge is 0.381 e. The summed E-state index contributed by atoms with van der Waals surface area (Å²) in [6.45, 7) is 3.98. The molecule has 0 aromatic heterocycles. The van der Waals surface area contributed by atoms with E-state index >= 15 is 0 Å². The van der Waals surface area contributed by atoms with Crippen molar-refractivity contribution in [1.29, 1.82) is 5.26 Å². The molecule has 1 heterocycles. The number of hydrogen-bond donors (Lipinski definition) is 1. The van der Waals surface area contributed by atoms with Crippen LogP contribution in [0.3, 0.4) is 0 Å². The molecule has 1 aliphatic rings. The average Bonchev–Trinajstić information content (AvgIpc) is 2.65. The van der Waals surface area contributed by atoms with Crippen LogP contribution in [0.4, 0.5) is 0 Å². The lowest BCUT2D eigenvalue weighted by molar-refractivity contribution is -0.131. The molecule has 0 fully saturated rings. The summed E-state index contributed by atoms with van der Waals surface area (Å²) in [7, 11) is 0. The van der Waals surface area contributed by atoms with Crippen molar-refractivity contribution in [1.82, 2.24) is 5.32 Å². The Balaban J connectivity index is 2.16. The number of unbranched alkanes of at least 4 members (excludes halogenated alkanes) is 5. The Bertz CT molecular complexity index is 567. The fourth-order valence-corrected chi connectivity index (χ4v) is 3.06. The molecule has 1 N–H and O–H groups in total. The number of dihydropyridines is 1. The van der Waals surface area contributed by atoms with Crippen LogP contribution in [0.5, 0.6) is 0 Å². The molecule has 0 radical (unpaired) electrons. The molecule has 6 nitrogen and oxygen atoms in total. The summed E-state index contributed by atoms with van der Waals surface area (Å²) < 4.78 is 5.55. The van der Waals surface area contributed by atoms with Crippen molar-refractivity contribution in [3.63, 3.8) is 0 Å². The summed E-state index contributed by atoms with van der Waals surface area (Å²) >= 11 is 1.22. The third kappa shape index (κ3) is 8.15. The minimum Gasteiger partial charge on any atom is -0.381 e. The van der Waals surface area contributed by atoms with Crippen molar-refractivity contribution in [2.45, 2.75) is 51.9 Å². The van der Waals surface area contributed by atoms with Gasteiger partial charge in [-0.15, -0.1) is 11.8 Å². The van der Waals surface area contributed by atoms with E-state index in [9.17, 15) is 9.59 Å². The minimum absolute atomic E-state index is 0.277. The predicted octanol–water partition coefficient (Wildman–Crippen LogP) is 3.24. The summed E-state index contributed by atoms with van der Waals surface area (Å²) in [4.78, 5) is 27.9. The quantitative estimate of drug-likeness (QED) is 0.415. The molecule has 0 aromatic carbocycles. The van der Waals surface area contributed by atoms with Gasteiger partial charge in [-0.2, -0.15) is 5.26 Å². The molecule has 1 atom stereocenters. The lowest BCUT2D eigenvalue weighted by Gasteiger charge is -2.15. The van der Waals surface area contributed by atoms with E-state index in [4.69, 9.17) is 10.00 Å². The molecule has 144 valence electrons. The van der Waals surface area contributed by atoms with E-state index in [1.54, 1.807) is 6.26 Å². The van der Waals surface area contributed by atoms with Crippen LogP contribution < -0.4 is 5.32 Å². The average molecular weight is 380 g/mol. The number of nitriles is 1. The number of rotatable bonds is 12. The number of amides is 2. The highest BCUT2D eigenvalue weighted by Gasteiger charge is 2.29. The molecule has 0 bridgehead atoms. The number of aliphatic imine (C=N–C) groups is 1. The second-order valence-electron chi connectivity index (χ2n) is 6.15. The molecule has 0 aliphatic carbocycles. The normalized spacial score (nSPS) is 16.7. The van der Waals surface area contributed by atoms with Gasteiger partial charge in [0.2, 0.25) is 5.91 Å². The highest BCUT2D eigenvalue weighted by molar-refractivity contribution is 8.13. The maximum Gasteiger partial charge on any atom is 0.263 e. The molecule has 1 aliphatic heterocycles. The number of hydrogen-bond acceptors (Lipinski definition) is 5. The van der Waals surface area contributed by atoms with Crippen molar-refractivity contribution >= 4 is 28.6 Å². The third-order valence-corrected chi connectivity index (χ3v) is 4.74. The molecule has 0 spiro atoms. The molecule has 26 heavy (non-hydrogen) atoms. The molecule has 0 saturated carbocycles. The van der Waals surface area contributed by atoms with Crippen molar-refractivity contribution in [2.75, 3.05) is 26.0 Å². The zero-order valence-corrected chi connectivity index (χ0v) is 16.6. The maximum atomic E-state index is 12.1. The van der Waals surface area contributed by atoms with E-state index in [1.807, 2.05) is 6.07 Å². The molecular weight excluding hydrogens is 350 g/mol. The van der Waals surface area contributed by atoms with Crippen molar-refractivity contribution in [3.8, 4) is 6.07 Å². The van der Waals surface area contributed by atoms with E-state index < -0.39 is 17.7 Å². The Kier molecular flexibility index (Phi) is 11.7. The van der Waals surface area contributed by atoms with Gasteiger partial charge in [0.05, 0.1) is 5.57 Å². The zero-order chi connectivity index (χ0) is 19.2. The van der Waals surface area contributed by atoms with Crippen LogP contribution in [-0.2, 0) is 14.3 Å². The van der Waals surface area contributed by atoms with Gasteiger partial charge in [-0.3, -0.25) is 9.59 Å². The molecule has 0 saturated heterocycles. The van der Waals surface area contributed by atoms with E-state index in [2.05, 4.69) is 17.2 Å².